The molecule has 0 spiro atoms. The minimum absolute atomic E-state index is 0.224. The molecule has 27 heavy (non-hydrogen) atoms. The standard InChI is InChI=1S/C21H21N3O2S/c1-2-27-19-8-4-3-7-18(19)26-16-11-9-15(10-12-16)14-24-21(25)17-6-5-13-23-20(17)22/h3-13H,2,14H2,1H3,(H2,22,23)(H,24,25). The van der Waals surface area contributed by atoms with E-state index in [4.69, 9.17) is 10.5 Å². The smallest absolute Gasteiger partial charge is 0.255 e. The summed E-state index contributed by atoms with van der Waals surface area (Å²) < 4.78 is 5.99. The van der Waals surface area contributed by atoms with Crippen molar-refractivity contribution in [3.63, 3.8) is 0 Å². The number of para-hydroxylation sites is 1. The Morgan fingerprint density at radius 1 is 1.11 bits per heavy atom. The number of carbonyl (C=O) groups is 1. The van der Waals surface area contributed by atoms with Crippen molar-refractivity contribution in [2.45, 2.75) is 18.4 Å². The van der Waals surface area contributed by atoms with E-state index >= 15 is 0 Å². The van der Waals surface area contributed by atoms with Crippen molar-refractivity contribution in [1.29, 1.82) is 0 Å². The number of benzene rings is 2. The minimum atomic E-state index is -0.244. The lowest BCUT2D eigenvalue weighted by Gasteiger charge is -2.11. The van der Waals surface area contributed by atoms with Crippen LogP contribution in [-0.2, 0) is 6.54 Å². The van der Waals surface area contributed by atoms with Crippen molar-refractivity contribution in [2.24, 2.45) is 0 Å². The van der Waals surface area contributed by atoms with Gasteiger partial charge < -0.3 is 15.8 Å². The number of carbonyl (C=O) groups excluding carboxylic acids is 1. The molecule has 0 aliphatic carbocycles. The fourth-order valence-electron chi connectivity index (χ4n) is 2.50. The number of anilines is 1. The molecule has 0 unspecified atom stereocenters. The maximum absolute atomic E-state index is 12.2. The maximum atomic E-state index is 12.2. The van der Waals surface area contributed by atoms with Gasteiger partial charge in [0.1, 0.15) is 17.3 Å². The average Bonchev–Trinajstić information content (AvgIpc) is 2.69. The first-order valence-corrected chi connectivity index (χ1v) is 9.63. The molecule has 1 heterocycles. The highest BCUT2D eigenvalue weighted by molar-refractivity contribution is 7.99. The Hall–Kier alpha value is -2.99. The van der Waals surface area contributed by atoms with Gasteiger partial charge >= 0.3 is 0 Å². The van der Waals surface area contributed by atoms with Crippen LogP contribution in [0.2, 0.25) is 0 Å². The van der Waals surface area contributed by atoms with E-state index in [0.717, 1.165) is 27.7 Å². The molecule has 1 aromatic heterocycles. The fourth-order valence-corrected chi connectivity index (χ4v) is 3.24. The zero-order chi connectivity index (χ0) is 19.1. The van der Waals surface area contributed by atoms with Gasteiger partial charge in [0, 0.05) is 12.7 Å². The number of nitrogens with one attached hydrogen (secondary N) is 1. The first kappa shape index (κ1) is 18.8. The van der Waals surface area contributed by atoms with Gasteiger partial charge in [0.2, 0.25) is 0 Å². The molecule has 0 aliphatic rings. The SMILES string of the molecule is CCSc1ccccc1Oc1ccc(CNC(=O)c2cccnc2N)cc1. The fraction of sp³-hybridized carbons (Fsp3) is 0.143. The van der Waals surface area contributed by atoms with Crippen LogP contribution < -0.4 is 15.8 Å². The number of amides is 1. The van der Waals surface area contributed by atoms with E-state index in [1.165, 1.54) is 0 Å². The molecule has 3 N–H and O–H groups in total. The van der Waals surface area contributed by atoms with Crippen LogP contribution in [0.25, 0.3) is 0 Å². The second kappa shape index (κ2) is 9.09. The summed E-state index contributed by atoms with van der Waals surface area (Å²) in [7, 11) is 0. The van der Waals surface area contributed by atoms with Crippen molar-refractivity contribution in [1.82, 2.24) is 10.3 Å². The first-order valence-electron chi connectivity index (χ1n) is 8.64. The van der Waals surface area contributed by atoms with E-state index < -0.39 is 0 Å². The Labute approximate surface area is 163 Å². The van der Waals surface area contributed by atoms with Crippen molar-refractivity contribution in [3.8, 4) is 11.5 Å². The van der Waals surface area contributed by atoms with Gasteiger partial charge in [0.15, 0.2) is 0 Å². The number of nitrogens with two attached hydrogens (primary N) is 1. The summed E-state index contributed by atoms with van der Waals surface area (Å²) in [6.45, 7) is 2.51. The van der Waals surface area contributed by atoms with Crippen LogP contribution in [0.1, 0.15) is 22.8 Å². The number of hydrogen-bond acceptors (Lipinski definition) is 5. The Morgan fingerprint density at radius 3 is 2.63 bits per heavy atom. The van der Waals surface area contributed by atoms with E-state index in [1.54, 1.807) is 30.1 Å². The van der Waals surface area contributed by atoms with Gasteiger partial charge in [0.05, 0.1) is 10.5 Å². The van der Waals surface area contributed by atoms with E-state index in [1.807, 2.05) is 42.5 Å². The van der Waals surface area contributed by atoms with E-state index in [2.05, 4.69) is 23.3 Å². The summed E-state index contributed by atoms with van der Waals surface area (Å²) in [5.74, 6) is 2.57. The van der Waals surface area contributed by atoms with Crippen LogP contribution in [0.15, 0.2) is 71.8 Å². The molecule has 0 fully saturated rings. The van der Waals surface area contributed by atoms with Crippen molar-refractivity contribution >= 4 is 23.5 Å². The Balaban J connectivity index is 1.61. The van der Waals surface area contributed by atoms with Crippen molar-refractivity contribution in [2.75, 3.05) is 11.5 Å². The Bertz CT molecular complexity index is 913. The molecule has 3 aromatic rings. The van der Waals surface area contributed by atoms with Crippen LogP contribution >= 0.6 is 11.8 Å². The predicted molar refractivity (Wildman–Crippen MR) is 109 cm³/mol. The third-order valence-corrected chi connectivity index (χ3v) is 4.77. The van der Waals surface area contributed by atoms with Crippen LogP contribution in [0.4, 0.5) is 5.82 Å². The van der Waals surface area contributed by atoms with Gasteiger partial charge in [-0.1, -0.05) is 31.2 Å². The zero-order valence-corrected chi connectivity index (χ0v) is 15.8. The number of pyridine rings is 1. The van der Waals surface area contributed by atoms with Gasteiger partial charge in [-0.05, 0) is 47.7 Å². The first-order chi connectivity index (χ1) is 13.2. The highest BCUT2D eigenvalue weighted by atomic mass is 32.2. The summed E-state index contributed by atoms with van der Waals surface area (Å²) in [5, 5.41) is 2.85. The molecule has 6 heteroatoms. The van der Waals surface area contributed by atoms with Gasteiger partial charge in [-0.25, -0.2) is 4.98 Å². The molecule has 0 saturated heterocycles. The predicted octanol–water partition coefficient (Wildman–Crippen LogP) is 4.50. The monoisotopic (exact) mass is 379 g/mol. The summed E-state index contributed by atoms with van der Waals surface area (Å²) in [5.41, 5.74) is 7.07. The third-order valence-electron chi connectivity index (χ3n) is 3.84. The summed E-state index contributed by atoms with van der Waals surface area (Å²) in [6.07, 6.45) is 1.56. The minimum Gasteiger partial charge on any atom is -0.456 e. The molecular weight excluding hydrogens is 358 g/mol. The molecule has 0 bridgehead atoms. The number of thioether (sulfide) groups is 1. The summed E-state index contributed by atoms with van der Waals surface area (Å²) >= 11 is 1.75. The Morgan fingerprint density at radius 2 is 1.89 bits per heavy atom. The molecule has 0 saturated carbocycles. The molecule has 0 aliphatic heterocycles. The molecule has 2 aromatic carbocycles. The summed E-state index contributed by atoms with van der Waals surface area (Å²) in [4.78, 5) is 17.2. The number of nitrogen functional groups attached to an aromatic ring is 1. The number of aromatic nitrogens is 1. The van der Waals surface area contributed by atoms with E-state index in [-0.39, 0.29) is 11.7 Å². The third kappa shape index (κ3) is 5.01. The van der Waals surface area contributed by atoms with Crippen molar-refractivity contribution < 1.29 is 9.53 Å². The Kier molecular flexibility index (Phi) is 6.33. The second-order valence-corrected chi connectivity index (χ2v) is 7.05. The van der Waals surface area contributed by atoms with Crippen LogP contribution in [-0.4, -0.2) is 16.6 Å². The lowest BCUT2D eigenvalue weighted by Crippen LogP contribution is -2.24. The van der Waals surface area contributed by atoms with Crippen LogP contribution in [0, 0.1) is 0 Å². The van der Waals surface area contributed by atoms with Gasteiger partial charge in [0.25, 0.3) is 5.91 Å². The van der Waals surface area contributed by atoms with Gasteiger partial charge in [-0.3, -0.25) is 4.79 Å². The van der Waals surface area contributed by atoms with E-state index in [9.17, 15) is 4.79 Å². The second-order valence-electron chi connectivity index (χ2n) is 5.74. The largest absolute Gasteiger partial charge is 0.456 e. The number of nitrogens with zero attached hydrogens (tertiary/aromatic N) is 1. The number of hydrogen-bond donors (Lipinski definition) is 2. The lowest BCUT2D eigenvalue weighted by atomic mass is 10.2. The van der Waals surface area contributed by atoms with E-state index in [0.29, 0.717) is 12.1 Å². The quantitative estimate of drug-likeness (QED) is 0.591. The van der Waals surface area contributed by atoms with Gasteiger partial charge in [-0.2, -0.15) is 0 Å². The van der Waals surface area contributed by atoms with Crippen LogP contribution in [0.3, 0.4) is 0 Å². The number of ether oxygens (including phenoxy) is 1. The van der Waals surface area contributed by atoms with Crippen molar-refractivity contribution in [3.05, 3.63) is 78.0 Å². The highest BCUT2D eigenvalue weighted by Gasteiger charge is 2.09. The molecule has 1 amide bonds. The average molecular weight is 379 g/mol. The zero-order valence-electron chi connectivity index (χ0n) is 15.0. The topological polar surface area (TPSA) is 77.2 Å². The molecular formula is C21H21N3O2S. The van der Waals surface area contributed by atoms with Crippen LogP contribution in [0.5, 0.6) is 11.5 Å². The lowest BCUT2D eigenvalue weighted by molar-refractivity contribution is 0.0951. The molecule has 0 atom stereocenters. The molecule has 3 rings (SSSR count). The maximum Gasteiger partial charge on any atom is 0.255 e. The molecule has 138 valence electrons. The summed E-state index contributed by atoms with van der Waals surface area (Å²) in [6, 6.07) is 19.0. The normalized spacial score (nSPS) is 10.4. The number of rotatable bonds is 7. The molecule has 5 nitrogen and oxygen atoms in total. The van der Waals surface area contributed by atoms with Gasteiger partial charge in [-0.15, -0.1) is 11.8 Å². The molecule has 0 radical (unpaired) electrons. The highest BCUT2D eigenvalue weighted by Crippen LogP contribution is 2.32.